The Kier molecular flexibility index (Phi) is 6.06. The van der Waals surface area contributed by atoms with Crippen LogP contribution in [0.5, 0.6) is 0 Å². The number of aromatic nitrogens is 2. The van der Waals surface area contributed by atoms with E-state index in [0.29, 0.717) is 16.4 Å². The van der Waals surface area contributed by atoms with Gasteiger partial charge in [-0.25, -0.2) is 9.97 Å². The molecule has 1 aromatic heterocycles. The molecule has 0 aromatic carbocycles. The summed E-state index contributed by atoms with van der Waals surface area (Å²) in [6, 6.07) is 2.17. The minimum Gasteiger partial charge on any atom is -0.367 e. The van der Waals surface area contributed by atoms with E-state index in [1.807, 2.05) is 6.26 Å². The van der Waals surface area contributed by atoms with Crippen LogP contribution in [0.3, 0.4) is 0 Å². The van der Waals surface area contributed by atoms with Gasteiger partial charge in [-0.1, -0.05) is 37.2 Å². The number of thioether (sulfide) groups is 1. The molecule has 0 aliphatic carbocycles. The van der Waals surface area contributed by atoms with E-state index in [1.54, 1.807) is 6.07 Å². The first-order valence-electron chi connectivity index (χ1n) is 5.86. The van der Waals surface area contributed by atoms with Crippen molar-refractivity contribution in [1.82, 2.24) is 9.97 Å². The fraction of sp³-hybridized carbons (Fsp3) is 0.667. The average Bonchev–Trinajstić information content (AvgIpc) is 2.25. The second-order valence-corrected chi connectivity index (χ2v) is 5.74. The smallest absolute Gasteiger partial charge is 0.190 e. The molecular weight excluding hydrogens is 254 g/mol. The highest BCUT2D eigenvalue weighted by Crippen LogP contribution is 2.18. The summed E-state index contributed by atoms with van der Waals surface area (Å²) >= 11 is 7.43. The Morgan fingerprint density at radius 3 is 2.59 bits per heavy atom. The van der Waals surface area contributed by atoms with Crippen LogP contribution < -0.4 is 5.32 Å². The number of hydrogen-bond acceptors (Lipinski definition) is 4. The van der Waals surface area contributed by atoms with Gasteiger partial charge >= 0.3 is 0 Å². The molecule has 1 heterocycles. The van der Waals surface area contributed by atoms with Crippen molar-refractivity contribution in [2.45, 2.75) is 44.8 Å². The van der Waals surface area contributed by atoms with Crippen LogP contribution in [0.2, 0.25) is 5.15 Å². The van der Waals surface area contributed by atoms with Crippen LogP contribution in [0.1, 0.15) is 33.6 Å². The van der Waals surface area contributed by atoms with E-state index in [4.69, 9.17) is 11.6 Å². The van der Waals surface area contributed by atoms with Crippen molar-refractivity contribution < 1.29 is 0 Å². The topological polar surface area (TPSA) is 37.8 Å². The Balaban J connectivity index is 2.58. The molecule has 3 nitrogen and oxygen atoms in total. The van der Waals surface area contributed by atoms with Crippen molar-refractivity contribution in [1.29, 1.82) is 0 Å². The van der Waals surface area contributed by atoms with E-state index in [2.05, 4.69) is 36.1 Å². The maximum Gasteiger partial charge on any atom is 0.190 e. The Morgan fingerprint density at radius 2 is 2.00 bits per heavy atom. The second kappa shape index (κ2) is 7.07. The summed E-state index contributed by atoms with van der Waals surface area (Å²) < 4.78 is 0. The third-order valence-corrected chi connectivity index (χ3v) is 3.17. The summed E-state index contributed by atoms with van der Waals surface area (Å²) in [4.78, 5) is 8.49. The Morgan fingerprint density at radius 1 is 1.29 bits per heavy atom. The van der Waals surface area contributed by atoms with Gasteiger partial charge in [0.25, 0.3) is 0 Å². The highest BCUT2D eigenvalue weighted by atomic mass is 35.5. The molecule has 96 valence electrons. The highest BCUT2D eigenvalue weighted by Gasteiger charge is 2.07. The maximum absolute atomic E-state index is 5.94. The maximum atomic E-state index is 5.94. The lowest BCUT2D eigenvalue weighted by molar-refractivity contribution is 0.527. The zero-order valence-corrected chi connectivity index (χ0v) is 12.4. The van der Waals surface area contributed by atoms with Gasteiger partial charge in [0.2, 0.25) is 0 Å². The van der Waals surface area contributed by atoms with Gasteiger partial charge in [0.1, 0.15) is 11.0 Å². The van der Waals surface area contributed by atoms with Gasteiger partial charge in [0.05, 0.1) is 0 Å². The van der Waals surface area contributed by atoms with E-state index in [0.717, 1.165) is 18.2 Å². The number of nitrogens with one attached hydrogen (secondary N) is 1. The van der Waals surface area contributed by atoms with Crippen LogP contribution in [0.4, 0.5) is 5.82 Å². The van der Waals surface area contributed by atoms with Crippen molar-refractivity contribution >= 4 is 29.2 Å². The molecular formula is C12H20ClN3S. The van der Waals surface area contributed by atoms with Gasteiger partial charge in [0, 0.05) is 12.1 Å². The molecule has 17 heavy (non-hydrogen) atoms. The molecule has 0 aliphatic rings. The van der Waals surface area contributed by atoms with Crippen LogP contribution in [-0.4, -0.2) is 22.3 Å². The Labute approximate surface area is 113 Å². The predicted octanol–water partition coefficient (Wildman–Crippen LogP) is 4.09. The third-order valence-electron chi connectivity index (χ3n) is 2.43. The molecule has 1 rings (SSSR count). The molecule has 1 atom stereocenters. The first kappa shape index (κ1) is 14.6. The van der Waals surface area contributed by atoms with Crippen LogP contribution in [0.15, 0.2) is 11.2 Å². The summed E-state index contributed by atoms with van der Waals surface area (Å²) in [7, 11) is 0. The molecule has 0 amide bonds. The minimum absolute atomic E-state index is 0.401. The summed E-state index contributed by atoms with van der Waals surface area (Å²) in [5, 5.41) is 4.56. The standard InChI is InChI=1S/C12H20ClN3S/c1-8(2)5-6-9(3)14-11-7-10(13)15-12(16-11)17-4/h7-9H,5-6H2,1-4H3,(H,14,15,16). The molecule has 0 bridgehead atoms. The zero-order chi connectivity index (χ0) is 12.8. The number of anilines is 1. The highest BCUT2D eigenvalue weighted by molar-refractivity contribution is 7.98. The van der Waals surface area contributed by atoms with Crippen LogP contribution in [0, 0.1) is 5.92 Å². The van der Waals surface area contributed by atoms with E-state index in [-0.39, 0.29) is 0 Å². The minimum atomic E-state index is 0.401. The number of hydrogen-bond donors (Lipinski definition) is 1. The second-order valence-electron chi connectivity index (χ2n) is 4.58. The van der Waals surface area contributed by atoms with Crippen molar-refractivity contribution in [3.05, 3.63) is 11.2 Å². The lowest BCUT2D eigenvalue weighted by Crippen LogP contribution is -2.17. The molecule has 0 radical (unpaired) electrons. The van der Waals surface area contributed by atoms with Crippen LogP contribution in [-0.2, 0) is 0 Å². The molecule has 0 spiro atoms. The van der Waals surface area contributed by atoms with Gasteiger partial charge in [-0.3, -0.25) is 0 Å². The van der Waals surface area contributed by atoms with Crippen molar-refractivity contribution in [3.63, 3.8) is 0 Å². The SMILES string of the molecule is CSc1nc(Cl)cc(NC(C)CCC(C)C)n1. The lowest BCUT2D eigenvalue weighted by atomic mass is 10.0. The summed E-state index contributed by atoms with van der Waals surface area (Å²) in [6.45, 7) is 6.64. The van der Waals surface area contributed by atoms with E-state index in [9.17, 15) is 0 Å². The molecule has 1 N–H and O–H groups in total. The third kappa shape index (κ3) is 5.59. The van der Waals surface area contributed by atoms with Gasteiger partial charge in [0.15, 0.2) is 5.16 Å². The fourth-order valence-corrected chi connectivity index (χ4v) is 2.08. The summed E-state index contributed by atoms with van der Waals surface area (Å²) in [6.07, 6.45) is 4.29. The number of halogens is 1. The predicted molar refractivity (Wildman–Crippen MR) is 76.0 cm³/mol. The normalized spacial score (nSPS) is 12.8. The molecule has 0 fully saturated rings. The van der Waals surface area contributed by atoms with Gasteiger partial charge in [-0.2, -0.15) is 0 Å². The molecule has 0 aliphatic heterocycles. The van der Waals surface area contributed by atoms with Gasteiger partial charge in [-0.05, 0) is 31.9 Å². The van der Waals surface area contributed by atoms with E-state index >= 15 is 0 Å². The molecule has 0 saturated heterocycles. The first-order valence-corrected chi connectivity index (χ1v) is 7.46. The van der Waals surface area contributed by atoms with Crippen LogP contribution >= 0.6 is 23.4 Å². The molecule has 1 unspecified atom stereocenters. The quantitative estimate of drug-likeness (QED) is 0.481. The Hall–Kier alpha value is -0.480. The molecule has 1 aromatic rings. The van der Waals surface area contributed by atoms with Gasteiger partial charge < -0.3 is 5.32 Å². The van der Waals surface area contributed by atoms with Crippen molar-refractivity contribution in [2.75, 3.05) is 11.6 Å². The first-order chi connectivity index (χ1) is 8.01. The molecule has 0 saturated carbocycles. The van der Waals surface area contributed by atoms with Crippen LogP contribution in [0.25, 0.3) is 0 Å². The fourth-order valence-electron chi connectivity index (χ4n) is 1.47. The van der Waals surface area contributed by atoms with Crippen molar-refractivity contribution in [3.8, 4) is 0 Å². The Bertz CT molecular complexity index is 358. The summed E-state index contributed by atoms with van der Waals surface area (Å²) in [5.74, 6) is 1.54. The van der Waals surface area contributed by atoms with Gasteiger partial charge in [-0.15, -0.1) is 0 Å². The number of nitrogens with zero attached hydrogens (tertiary/aromatic N) is 2. The monoisotopic (exact) mass is 273 g/mol. The molecule has 5 heteroatoms. The zero-order valence-electron chi connectivity index (χ0n) is 10.8. The van der Waals surface area contributed by atoms with E-state index < -0.39 is 0 Å². The van der Waals surface area contributed by atoms with Crippen molar-refractivity contribution in [2.24, 2.45) is 5.92 Å². The van der Waals surface area contributed by atoms with E-state index in [1.165, 1.54) is 18.2 Å². The largest absolute Gasteiger partial charge is 0.367 e. The summed E-state index contributed by atoms with van der Waals surface area (Å²) in [5.41, 5.74) is 0. The average molecular weight is 274 g/mol. The number of rotatable bonds is 6. The lowest BCUT2D eigenvalue weighted by Gasteiger charge is -2.16.